The molecule has 1 aromatic carbocycles. The van der Waals surface area contributed by atoms with Crippen LogP contribution in [-0.2, 0) is 17.6 Å². The molecular weight excluding hydrogens is 494 g/mol. The van der Waals surface area contributed by atoms with Gasteiger partial charge in [0.25, 0.3) is 0 Å². The maximum atomic E-state index is 12.5. The fourth-order valence-corrected chi connectivity index (χ4v) is 4.80. The van der Waals surface area contributed by atoms with Crippen LogP contribution in [-0.4, -0.2) is 83.8 Å². The van der Waals surface area contributed by atoms with Gasteiger partial charge in [-0.3, -0.25) is 0 Å². The number of carbonyl (C=O) groups is 2. The Hall–Kier alpha value is -3.33. The minimum Gasteiger partial charge on any atom is -0.494 e. The summed E-state index contributed by atoms with van der Waals surface area (Å²) in [6.07, 6.45) is 6.32. The van der Waals surface area contributed by atoms with Crippen molar-refractivity contribution in [2.45, 2.75) is 64.8 Å². The van der Waals surface area contributed by atoms with Crippen LogP contribution in [0.5, 0.6) is 5.75 Å². The van der Waals surface area contributed by atoms with E-state index in [1.165, 1.54) is 5.56 Å². The number of fused-ring (bicyclic) bond motifs is 1. The zero-order chi connectivity index (χ0) is 27.9. The first-order chi connectivity index (χ1) is 19.0. The average molecular weight is 540 g/mol. The molecule has 1 aromatic heterocycles. The van der Waals surface area contributed by atoms with Crippen LogP contribution in [0, 0.1) is 0 Å². The number of nitrogens with zero attached hydrogens (tertiary/aromatic N) is 3. The highest BCUT2D eigenvalue weighted by Gasteiger charge is 2.23. The molecule has 3 N–H and O–H groups in total. The third kappa shape index (κ3) is 10.4. The molecular formula is C30H45N5O4. The number of carboxylic acid groups (broad SMARTS) is 1. The van der Waals surface area contributed by atoms with Crippen molar-refractivity contribution in [2.24, 2.45) is 0 Å². The van der Waals surface area contributed by atoms with Gasteiger partial charge in [-0.25, -0.2) is 14.6 Å². The lowest BCUT2D eigenvalue weighted by Gasteiger charge is -2.26. The van der Waals surface area contributed by atoms with Gasteiger partial charge in [-0.15, -0.1) is 0 Å². The number of urea groups is 1. The molecule has 2 aromatic rings. The molecule has 0 spiro atoms. The molecule has 1 atom stereocenters. The number of aryl methyl sites for hydroxylation is 2. The summed E-state index contributed by atoms with van der Waals surface area (Å²) in [4.78, 5) is 33.0. The van der Waals surface area contributed by atoms with Gasteiger partial charge in [0.15, 0.2) is 0 Å². The van der Waals surface area contributed by atoms with Crippen molar-refractivity contribution >= 4 is 17.8 Å². The molecule has 9 heteroatoms. The van der Waals surface area contributed by atoms with Gasteiger partial charge in [0.2, 0.25) is 0 Å². The highest BCUT2D eigenvalue weighted by atomic mass is 16.5. The maximum Gasteiger partial charge on any atom is 0.326 e. The Bertz CT molecular complexity index is 1020. The molecule has 2 heterocycles. The number of unbranched alkanes of at least 4 members (excludes halogenated alkanes) is 1. The molecule has 214 valence electrons. The third-order valence-corrected chi connectivity index (χ3v) is 7.12. The molecule has 0 saturated carbocycles. The van der Waals surface area contributed by atoms with Crippen molar-refractivity contribution in [3.63, 3.8) is 0 Å². The summed E-state index contributed by atoms with van der Waals surface area (Å²) in [7, 11) is 0. The number of nitrogens with one attached hydrogen (secondary N) is 2. The molecule has 1 aliphatic heterocycles. The number of hydrogen-bond acceptors (Lipinski definition) is 6. The van der Waals surface area contributed by atoms with E-state index >= 15 is 0 Å². The number of ether oxygens (including phenoxy) is 1. The van der Waals surface area contributed by atoms with Gasteiger partial charge >= 0.3 is 12.0 Å². The SMILES string of the molecule is CCN(CC)C(=O)NC(CCN(CCCCc1ccc2c(n1)NCCC2)CCCOc1ccccc1)C(=O)O. The minimum atomic E-state index is -1.00. The summed E-state index contributed by atoms with van der Waals surface area (Å²) in [6, 6.07) is 12.8. The summed E-state index contributed by atoms with van der Waals surface area (Å²) < 4.78 is 5.86. The fraction of sp³-hybridized carbons (Fsp3) is 0.567. The van der Waals surface area contributed by atoms with E-state index in [4.69, 9.17) is 9.72 Å². The van der Waals surface area contributed by atoms with Crippen molar-refractivity contribution < 1.29 is 19.4 Å². The van der Waals surface area contributed by atoms with E-state index in [1.807, 2.05) is 44.2 Å². The summed E-state index contributed by atoms with van der Waals surface area (Å²) in [5.74, 6) is 0.876. The predicted molar refractivity (Wildman–Crippen MR) is 154 cm³/mol. The molecule has 2 amide bonds. The molecule has 0 saturated heterocycles. The van der Waals surface area contributed by atoms with Gasteiger partial charge in [0.1, 0.15) is 17.6 Å². The second-order valence-electron chi connectivity index (χ2n) is 9.96. The van der Waals surface area contributed by atoms with Crippen LogP contribution < -0.4 is 15.4 Å². The average Bonchev–Trinajstić information content (AvgIpc) is 2.95. The fourth-order valence-electron chi connectivity index (χ4n) is 4.80. The largest absolute Gasteiger partial charge is 0.494 e. The van der Waals surface area contributed by atoms with Gasteiger partial charge in [-0.05, 0) is 89.1 Å². The number of anilines is 1. The Labute approximate surface area is 232 Å². The molecule has 3 rings (SSSR count). The quantitative estimate of drug-likeness (QED) is 0.255. The van der Waals surface area contributed by atoms with Crippen LogP contribution in [0.3, 0.4) is 0 Å². The van der Waals surface area contributed by atoms with Crippen LogP contribution in [0.15, 0.2) is 42.5 Å². The lowest BCUT2D eigenvalue weighted by atomic mass is 10.1. The summed E-state index contributed by atoms with van der Waals surface area (Å²) >= 11 is 0. The van der Waals surface area contributed by atoms with E-state index in [1.54, 1.807) is 4.90 Å². The molecule has 39 heavy (non-hydrogen) atoms. The van der Waals surface area contributed by atoms with Crippen LogP contribution in [0.1, 0.15) is 57.2 Å². The lowest BCUT2D eigenvalue weighted by molar-refractivity contribution is -0.139. The Kier molecular flexibility index (Phi) is 12.9. The number of hydrogen-bond donors (Lipinski definition) is 3. The van der Waals surface area contributed by atoms with Gasteiger partial charge in [-0.2, -0.15) is 0 Å². The van der Waals surface area contributed by atoms with Gasteiger partial charge < -0.3 is 30.3 Å². The van der Waals surface area contributed by atoms with Crippen molar-refractivity contribution in [1.82, 2.24) is 20.1 Å². The van der Waals surface area contributed by atoms with Crippen molar-refractivity contribution in [3.8, 4) is 5.75 Å². The van der Waals surface area contributed by atoms with E-state index in [2.05, 4.69) is 27.7 Å². The Morgan fingerprint density at radius 1 is 1.05 bits per heavy atom. The Morgan fingerprint density at radius 2 is 1.82 bits per heavy atom. The molecule has 1 unspecified atom stereocenters. The number of benzene rings is 1. The van der Waals surface area contributed by atoms with Crippen LogP contribution >= 0.6 is 0 Å². The molecule has 0 fully saturated rings. The van der Waals surface area contributed by atoms with E-state index in [-0.39, 0.29) is 6.03 Å². The number of carbonyl (C=O) groups excluding carboxylic acids is 1. The number of rotatable bonds is 17. The normalized spacial score (nSPS) is 13.3. The number of para-hydroxylation sites is 1. The highest BCUT2D eigenvalue weighted by molar-refractivity contribution is 5.82. The molecule has 0 radical (unpaired) electrons. The molecule has 0 aliphatic carbocycles. The zero-order valence-corrected chi connectivity index (χ0v) is 23.5. The predicted octanol–water partition coefficient (Wildman–Crippen LogP) is 4.43. The first-order valence-corrected chi connectivity index (χ1v) is 14.4. The standard InChI is InChI=1S/C30H45N5O4/c1-3-35(4-2)30(38)33-27(29(36)37)18-22-34(21-11-23-39-26-14-6-5-7-15-26)20-9-8-13-25-17-16-24-12-10-19-31-28(24)32-25/h5-7,14-17,27H,3-4,8-13,18-23H2,1-2H3,(H,31,32)(H,33,38)(H,36,37). The topological polar surface area (TPSA) is 107 Å². The summed E-state index contributed by atoms with van der Waals surface area (Å²) in [6.45, 7) is 8.65. The number of amides is 2. The number of aromatic nitrogens is 1. The Balaban J connectivity index is 1.50. The molecule has 9 nitrogen and oxygen atoms in total. The van der Waals surface area contributed by atoms with E-state index < -0.39 is 12.0 Å². The van der Waals surface area contributed by atoms with Crippen molar-refractivity contribution in [1.29, 1.82) is 0 Å². The third-order valence-electron chi connectivity index (χ3n) is 7.12. The second kappa shape index (κ2) is 16.6. The summed E-state index contributed by atoms with van der Waals surface area (Å²) in [5, 5.41) is 15.8. The van der Waals surface area contributed by atoms with Gasteiger partial charge in [-0.1, -0.05) is 24.3 Å². The van der Waals surface area contributed by atoms with E-state index in [0.717, 1.165) is 75.4 Å². The van der Waals surface area contributed by atoms with Crippen LogP contribution in [0.25, 0.3) is 0 Å². The van der Waals surface area contributed by atoms with Crippen molar-refractivity contribution in [2.75, 3.05) is 51.2 Å². The second-order valence-corrected chi connectivity index (χ2v) is 9.96. The summed E-state index contributed by atoms with van der Waals surface area (Å²) in [5.41, 5.74) is 2.41. The van der Waals surface area contributed by atoms with E-state index in [9.17, 15) is 14.7 Å². The van der Waals surface area contributed by atoms with Crippen molar-refractivity contribution in [3.05, 3.63) is 53.7 Å². The maximum absolute atomic E-state index is 12.5. The molecule has 0 bridgehead atoms. The van der Waals surface area contributed by atoms with Crippen LogP contribution in [0.2, 0.25) is 0 Å². The lowest BCUT2D eigenvalue weighted by Crippen LogP contribution is -2.49. The first kappa shape index (κ1) is 30.2. The monoisotopic (exact) mass is 539 g/mol. The Morgan fingerprint density at radius 3 is 2.56 bits per heavy atom. The highest BCUT2D eigenvalue weighted by Crippen LogP contribution is 2.20. The number of aliphatic carboxylic acids is 1. The smallest absolute Gasteiger partial charge is 0.326 e. The minimum absolute atomic E-state index is 0.331. The van der Waals surface area contributed by atoms with Gasteiger partial charge in [0.05, 0.1) is 6.61 Å². The zero-order valence-electron chi connectivity index (χ0n) is 23.5. The van der Waals surface area contributed by atoms with Gasteiger partial charge in [0, 0.05) is 38.4 Å². The van der Waals surface area contributed by atoms with E-state index in [0.29, 0.717) is 32.7 Å². The first-order valence-electron chi connectivity index (χ1n) is 14.4. The number of carboxylic acids is 1. The van der Waals surface area contributed by atoms with Crippen LogP contribution in [0.4, 0.5) is 10.6 Å². The molecule has 1 aliphatic rings. The number of pyridine rings is 1.